The van der Waals surface area contributed by atoms with Crippen LogP contribution in [0.5, 0.6) is 0 Å². The molecule has 0 atom stereocenters. The molecule has 0 unspecified atom stereocenters. The van der Waals surface area contributed by atoms with E-state index in [0.717, 1.165) is 59.9 Å². The van der Waals surface area contributed by atoms with Crippen LogP contribution in [0.25, 0.3) is 0 Å². The van der Waals surface area contributed by atoms with Crippen LogP contribution in [0.2, 0.25) is 0 Å². The molecule has 184 valence electrons. The maximum atomic E-state index is 12.4. The van der Waals surface area contributed by atoms with E-state index in [1.165, 1.54) is 5.69 Å². The van der Waals surface area contributed by atoms with E-state index in [2.05, 4.69) is 50.1 Å². The first-order valence-corrected chi connectivity index (χ1v) is 12.3. The zero-order valence-electron chi connectivity index (χ0n) is 20.3. The Balaban J connectivity index is 1.14. The van der Waals surface area contributed by atoms with Crippen molar-refractivity contribution in [3.8, 4) is 0 Å². The van der Waals surface area contributed by atoms with Crippen LogP contribution in [0.3, 0.4) is 0 Å². The number of aliphatic hydroxyl groups is 1. The van der Waals surface area contributed by atoms with Gasteiger partial charge in [-0.3, -0.25) is 4.79 Å². The molecule has 1 aliphatic heterocycles. The quantitative estimate of drug-likeness (QED) is 0.222. The number of hydrogen-bond donors (Lipinski definition) is 5. The summed E-state index contributed by atoms with van der Waals surface area (Å²) in [6, 6.07) is 24.2. The average Bonchev–Trinajstić information content (AvgIpc) is 3.33. The number of anilines is 6. The fourth-order valence-corrected chi connectivity index (χ4v) is 4.37. The van der Waals surface area contributed by atoms with Crippen molar-refractivity contribution in [3.63, 3.8) is 0 Å². The summed E-state index contributed by atoms with van der Waals surface area (Å²) < 4.78 is 0. The van der Waals surface area contributed by atoms with E-state index in [1.807, 2.05) is 61.7 Å². The summed E-state index contributed by atoms with van der Waals surface area (Å²) in [5.41, 5.74) is 7.45. The number of aromatic nitrogens is 1. The van der Waals surface area contributed by atoms with Crippen LogP contribution in [0.4, 0.5) is 34.1 Å². The second-order valence-corrected chi connectivity index (χ2v) is 9.18. The van der Waals surface area contributed by atoms with Crippen LogP contribution >= 0.6 is 0 Å². The van der Waals surface area contributed by atoms with Gasteiger partial charge in [0.1, 0.15) is 0 Å². The Kier molecular flexibility index (Phi) is 6.91. The van der Waals surface area contributed by atoms with Gasteiger partial charge in [-0.15, -0.1) is 0 Å². The highest BCUT2D eigenvalue weighted by Crippen LogP contribution is 2.26. The van der Waals surface area contributed by atoms with E-state index < -0.39 is 0 Å². The summed E-state index contributed by atoms with van der Waals surface area (Å²) in [5, 5.41) is 19.5. The van der Waals surface area contributed by atoms with Crippen molar-refractivity contribution < 1.29 is 9.90 Å². The molecule has 0 saturated carbocycles. The Hall–Kier alpha value is -4.23. The Labute approximate surface area is 211 Å². The van der Waals surface area contributed by atoms with Crippen molar-refractivity contribution in [1.29, 1.82) is 0 Å². The monoisotopic (exact) mass is 481 g/mol. The van der Waals surface area contributed by atoms with Crippen LogP contribution in [-0.2, 0) is 0 Å². The van der Waals surface area contributed by atoms with Gasteiger partial charge >= 0.3 is 0 Å². The molecule has 4 aromatic rings. The molecular formula is C29H31N5O2. The highest BCUT2D eigenvalue weighted by atomic mass is 16.3. The molecule has 0 bridgehead atoms. The minimum atomic E-state index is -0.161. The fourth-order valence-electron chi connectivity index (χ4n) is 4.37. The summed E-state index contributed by atoms with van der Waals surface area (Å²) in [4.78, 5) is 17.6. The van der Waals surface area contributed by atoms with E-state index in [0.29, 0.717) is 5.56 Å². The minimum Gasteiger partial charge on any atom is -0.393 e. The normalized spacial score (nSPS) is 13.9. The number of aliphatic hydroxyl groups excluding tert-OH is 1. The molecule has 1 amide bonds. The number of hydrogen-bond acceptors (Lipinski definition) is 5. The number of carbonyl (C=O) groups is 1. The first-order chi connectivity index (χ1) is 17.5. The second kappa shape index (κ2) is 10.6. The summed E-state index contributed by atoms with van der Waals surface area (Å²) >= 11 is 0. The number of nitrogens with zero attached hydrogens (tertiary/aromatic N) is 1. The van der Waals surface area contributed by atoms with Gasteiger partial charge in [0.15, 0.2) is 0 Å². The molecule has 5 N–H and O–H groups in total. The van der Waals surface area contributed by atoms with E-state index in [4.69, 9.17) is 0 Å². The maximum Gasteiger partial charge on any atom is 0.257 e. The van der Waals surface area contributed by atoms with Crippen molar-refractivity contribution in [2.24, 2.45) is 0 Å². The summed E-state index contributed by atoms with van der Waals surface area (Å²) in [6.07, 6.45) is 5.01. The largest absolute Gasteiger partial charge is 0.393 e. The lowest BCUT2D eigenvalue weighted by atomic mass is 10.1. The third-order valence-electron chi connectivity index (χ3n) is 6.50. The van der Waals surface area contributed by atoms with Gasteiger partial charge in [0, 0.05) is 59.6 Å². The van der Waals surface area contributed by atoms with E-state index in [-0.39, 0.29) is 12.0 Å². The molecule has 0 spiro atoms. The van der Waals surface area contributed by atoms with Gasteiger partial charge in [0.2, 0.25) is 0 Å². The molecule has 5 rings (SSSR count). The standard InChI is InChI=1S/C29H31N5O2/c1-20-18-30-19-28(20)29(36)33-25-8-6-23(7-9-25)31-21-2-4-22(5-3-21)32-24-10-12-26(13-11-24)34-16-14-27(35)15-17-34/h2-13,18-19,27,30-32,35H,14-17H2,1H3,(H,33,36). The van der Waals surface area contributed by atoms with Gasteiger partial charge < -0.3 is 30.9 Å². The van der Waals surface area contributed by atoms with Crippen LogP contribution in [0.15, 0.2) is 85.2 Å². The van der Waals surface area contributed by atoms with Gasteiger partial charge in [-0.25, -0.2) is 0 Å². The minimum absolute atomic E-state index is 0.126. The number of H-pyrrole nitrogens is 1. The Morgan fingerprint density at radius 3 is 1.72 bits per heavy atom. The number of rotatable bonds is 7. The molecule has 1 saturated heterocycles. The Morgan fingerprint density at radius 1 is 0.778 bits per heavy atom. The van der Waals surface area contributed by atoms with E-state index in [9.17, 15) is 9.90 Å². The molecule has 1 fully saturated rings. The van der Waals surface area contributed by atoms with Crippen molar-refractivity contribution in [2.45, 2.75) is 25.9 Å². The molecular weight excluding hydrogens is 450 g/mol. The molecule has 0 radical (unpaired) electrons. The van der Waals surface area contributed by atoms with Gasteiger partial charge in [0.25, 0.3) is 5.91 Å². The Morgan fingerprint density at radius 2 is 1.25 bits per heavy atom. The average molecular weight is 482 g/mol. The lowest BCUT2D eigenvalue weighted by Crippen LogP contribution is -2.35. The van der Waals surface area contributed by atoms with Gasteiger partial charge in [0.05, 0.1) is 11.7 Å². The number of aromatic amines is 1. The first-order valence-electron chi connectivity index (χ1n) is 12.3. The third kappa shape index (κ3) is 5.70. The van der Waals surface area contributed by atoms with Crippen LogP contribution in [0, 0.1) is 6.92 Å². The van der Waals surface area contributed by atoms with Crippen molar-refractivity contribution in [3.05, 3.63) is 96.3 Å². The molecule has 1 aliphatic rings. The van der Waals surface area contributed by atoms with E-state index >= 15 is 0 Å². The third-order valence-corrected chi connectivity index (χ3v) is 6.50. The van der Waals surface area contributed by atoms with Crippen molar-refractivity contribution in [2.75, 3.05) is 33.9 Å². The Bertz CT molecular complexity index is 1290. The molecule has 3 aromatic carbocycles. The highest BCUT2D eigenvalue weighted by molar-refractivity contribution is 6.05. The molecule has 2 heterocycles. The number of piperidine rings is 1. The van der Waals surface area contributed by atoms with E-state index in [1.54, 1.807) is 6.20 Å². The zero-order valence-corrected chi connectivity index (χ0v) is 20.3. The number of aryl methyl sites for hydroxylation is 1. The predicted molar refractivity (Wildman–Crippen MR) is 147 cm³/mol. The lowest BCUT2D eigenvalue weighted by molar-refractivity contribution is 0.102. The lowest BCUT2D eigenvalue weighted by Gasteiger charge is -2.31. The molecule has 1 aromatic heterocycles. The smallest absolute Gasteiger partial charge is 0.257 e. The van der Waals surface area contributed by atoms with Gasteiger partial charge in [-0.1, -0.05) is 0 Å². The molecule has 36 heavy (non-hydrogen) atoms. The van der Waals surface area contributed by atoms with Gasteiger partial charge in [-0.2, -0.15) is 0 Å². The van der Waals surface area contributed by atoms with Gasteiger partial charge in [-0.05, 0) is 98.1 Å². The number of amides is 1. The van der Waals surface area contributed by atoms with Crippen LogP contribution < -0.4 is 20.9 Å². The fraction of sp³-hybridized carbons (Fsp3) is 0.207. The second-order valence-electron chi connectivity index (χ2n) is 9.18. The molecule has 7 nitrogen and oxygen atoms in total. The molecule has 0 aliphatic carbocycles. The number of benzene rings is 3. The van der Waals surface area contributed by atoms with Crippen molar-refractivity contribution in [1.82, 2.24) is 4.98 Å². The summed E-state index contributed by atoms with van der Waals surface area (Å²) in [7, 11) is 0. The number of nitrogens with one attached hydrogen (secondary N) is 4. The SMILES string of the molecule is Cc1c[nH]cc1C(=O)Nc1ccc(Nc2ccc(Nc3ccc(N4CCC(O)CC4)cc3)cc2)cc1. The predicted octanol–water partition coefficient (Wildman–Crippen LogP) is 6.02. The first kappa shape index (κ1) is 23.5. The summed E-state index contributed by atoms with van der Waals surface area (Å²) in [5.74, 6) is -0.126. The summed E-state index contributed by atoms with van der Waals surface area (Å²) in [6.45, 7) is 3.69. The highest BCUT2D eigenvalue weighted by Gasteiger charge is 2.17. The van der Waals surface area contributed by atoms with Crippen molar-refractivity contribution >= 4 is 40.0 Å². The van der Waals surface area contributed by atoms with Crippen LogP contribution in [0.1, 0.15) is 28.8 Å². The topological polar surface area (TPSA) is 92.4 Å². The number of carbonyl (C=O) groups excluding carboxylic acids is 1. The molecule has 7 heteroatoms. The maximum absolute atomic E-state index is 12.4. The zero-order chi connectivity index (χ0) is 24.9. The van der Waals surface area contributed by atoms with Crippen LogP contribution in [-0.4, -0.2) is 35.2 Å².